The van der Waals surface area contributed by atoms with E-state index in [2.05, 4.69) is 10.0 Å². The number of para-hydroxylation sites is 1. The number of aromatic nitrogens is 2. The van der Waals surface area contributed by atoms with Crippen molar-refractivity contribution in [2.24, 2.45) is 7.05 Å². The number of carbonyl (C=O) groups is 2. The molecule has 0 radical (unpaired) electrons. The van der Waals surface area contributed by atoms with Crippen LogP contribution in [0.15, 0.2) is 23.0 Å². The summed E-state index contributed by atoms with van der Waals surface area (Å²) in [6, 6.07) is 4.86. The Morgan fingerprint density at radius 1 is 1.31 bits per heavy atom. The number of carbonyl (C=O) groups excluding carboxylic acids is 2. The van der Waals surface area contributed by atoms with Gasteiger partial charge >= 0.3 is 5.69 Å². The van der Waals surface area contributed by atoms with E-state index in [9.17, 15) is 23.1 Å². The van der Waals surface area contributed by atoms with E-state index in [0.717, 1.165) is 11.1 Å². The van der Waals surface area contributed by atoms with Crippen LogP contribution in [0.2, 0.25) is 0 Å². The Labute approximate surface area is 169 Å². The highest BCUT2D eigenvalue weighted by Gasteiger charge is 2.31. The van der Waals surface area contributed by atoms with Crippen molar-refractivity contribution >= 4 is 34.1 Å². The van der Waals surface area contributed by atoms with E-state index in [1.54, 1.807) is 13.1 Å². The first-order valence-electron chi connectivity index (χ1n) is 9.33. The van der Waals surface area contributed by atoms with Gasteiger partial charge in [0.1, 0.15) is 6.04 Å². The fourth-order valence-electron chi connectivity index (χ4n) is 3.62. The van der Waals surface area contributed by atoms with Crippen molar-refractivity contribution < 1.29 is 23.1 Å². The Kier molecular flexibility index (Phi) is 6.96. The van der Waals surface area contributed by atoms with Gasteiger partial charge in [-0.1, -0.05) is 12.1 Å². The summed E-state index contributed by atoms with van der Waals surface area (Å²) in [5.74, 6) is -0.779. The average molecular weight is 423 g/mol. The van der Waals surface area contributed by atoms with Crippen molar-refractivity contribution in [3.63, 3.8) is 0 Å². The molecule has 2 aromatic rings. The van der Waals surface area contributed by atoms with Crippen LogP contribution in [0.3, 0.4) is 0 Å². The molecule has 1 saturated heterocycles. The SMILES string of the molecule is Cn1c(=O)n(C2CCC(=O)NC2=O)c2cccc(CCCOCCNS(=O)[O-])c21. The molecule has 0 bridgehead atoms. The van der Waals surface area contributed by atoms with Crippen molar-refractivity contribution in [3.05, 3.63) is 34.2 Å². The third-order valence-electron chi connectivity index (χ3n) is 4.91. The fourth-order valence-corrected chi connectivity index (χ4v) is 3.87. The number of piperidine rings is 1. The molecule has 0 spiro atoms. The van der Waals surface area contributed by atoms with Crippen LogP contribution >= 0.6 is 0 Å². The summed E-state index contributed by atoms with van der Waals surface area (Å²) in [5, 5.41) is 2.30. The predicted molar refractivity (Wildman–Crippen MR) is 105 cm³/mol. The van der Waals surface area contributed by atoms with E-state index in [4.69, 9.17) is 4.74 Å². The predicted octanol–water partition coefficient (Wildman–Crippen LogP) is -0.349. The van der Waals surface area contributed by atoms with Gasteiger partial charge in [0.2, 0.25) is 11.8 Å². The number of fused-ring (bicyclic) bond motifs is 1. The number of nitrogens with zero attached hydrogens (tertiary/aromatic N) is 2. The second-order valence-corrected chi connectivity index (χ2v) is 7.57. The zero-order chi connectivity index (χ0) is 21.0. The first-order valence-corrected chi connectivity index (χ1v) is 10.4. The fraction of sp³-hybridized carbons (Fsp3) is 0.500. The number of hydrogen-bond donors (Lipinski definition) is 2. The van der Waals surface area contributed by atoms with E-state index in [1.807, 2.05) is 12.1 Å². The van der Waals surface area contributed by atoms with Gasteiger partial charge in [-0.25, -0.2) is 9.52 Å². The molecule has 2 atom stereocenters. The van der Waals surface area contributed by atoms with Gasteiger partial charge in [-0.15, -0.1) is 0 Å². The molecule has 1 aliphatic rings. The number of imide groups is 1. The number of imidazole rings is 1. The average Bonchev–Trinajstić information content (AvgIpc) is 2.92. The Balaban J connectivity index is 1.74. The number of benzene rings is 1. The van der Waals surface area contributed by atoms with Crippen molar-refractivity contribution in [1.82, 2.24) is 19.2 Å². The van der Waals surface area contributed by atoms with Crippen molar-refractivity contribution in [1.29, 1.82) is 0 Å². The lowest BCUT2D eigenvalue weighted by Gasteiger charge is -2.21. The highest BCUT2D eigenvalue weighted by molar-refractivity contribution is 7.77. The highest BCUT2D eigenvalue weighted by Crippen LogP contribution is 2.25. The number of hydrogen-bond acceptors (Lipinski definition) is 6. The molecule has 10 nitrogen and oxygen atoms in total. The number of aryl methyl sites for hydroxylation is 2. The van der Waals surface area contributed by atoms with Crippen LogP contribution < -0.4 is 15.7 Å². The van der Waals surface area contributed by atoms with Crippen molar-refractivity contribution in [2.45, 2.75) is 31.7 Å². The first kappa shape index (κ1) is 21.4. The molecule has 1 fully saturated rings. The molecule has 0 aliphatic carbocycles. The zero-order valence-corrected chi connectivity index (χ0v) is 16.8. The maximum atomic E-state index is 12.8. The second kappa shape index (κ2) is 9.44. The van der Waals surface area contributed by atoms with Crippen LogP contribution in [0.1, 0.15) is 30.9 Å². The number of rotatable bonds is 9. The number of ether oxygens (including phenoxy) is 1. The van der Waals surface area contributed by atoms with E-state index in [-0.39, 0.29) is 31.2 Å². The largest absolute Gasteiger partial charge is 0.760 e. The van der Waals surface area contributed by atoms with E-state index in [0.29, 0.717) is 31.4 Å². The van der Waals surface area contributed by atoms with Gasteiger partial charge in [-0.05, 0) is 30.9 Å². The van der Waals surface area contributed by atoms with Gasteiger partial charge in [0.25, 0.3) is 0 Å². The van der Waals surface area contributed by atoms with Gasteiger partial charge in [0.15, 0.2) is 0 Å². The van der Waals surface area contributed by atoms with Gasteiger partial charge in [0.05, 0.1) is 17.6 Å². The molecule has 2 unspecified atom stereocenters. The molecule has 2 amide bonds. The summed E-state index contributed by atoms with van der Waals surface area (Å²) < 4.78 is 31.4. The lowest BCUT2D eigenvalue weighted by Crippen LogP contribution is -2.44. The Hall–Kier alpha value is -2.34. The minimum atomic E-state index is -2.29. The molecule has 11 heteroatoms. The number of nitrogens with one attached hydrogen (secondary N) is 2. The molecule has 0 saturated carbocycles. The van der Waals surface area contributed by atoms with Gasteiger partial charge in [-0.2, -0.15) is 0 Å². The highest BCUT2D eigenvalue weighted by atomic mass is 32.2. The van der Waals surface area contributed by atoms with Crippen LogP contribution in [-0.2, 0) is 39.1 Å². The Morgan fingerprint density at radius 3 is 2.83 bits per heavy atom. The first-order chi connectivity index (χ1) is 13.9. The quantitative estimate of drug-likeness (QED) is 0.322. The van der Waals surface area contributed by atoms with Gasteiger partial charge < -0.3 is 9.29 Å². The zero-order valence-electron chi connectivity index (χ0n) is 16.0. The van der Waals surface area contributed by atoms with Crippen LogP contribution in [0, 0.1) is 0 Å². The Morgan fingerprint density at radius 2 is 2.10 bits per heavy atom. The normalized spacial score (nSPS) is 18.2. The maximum absolute atomic E-state index is 12.8. The van der Waals surface area contributed by atoms with E-state index < -0.39 is 23.2 Å². The van der Waals surface area contributed by atoms with E-state index >= 15 is 0 Å². The molecule has 1 aromatic carbocycles. The topological polar surface area (TPSA) is 134 Å². The third-order valence-corrected chi connectivity index (χ3v) is 5.35. The summed E-state index contributed by atoms with van der Waals surface area (Å²) in [4.78, 5) is 36.6. The summed E-state index contributed by atoms with van der Waals surface area (Å²) in [6.07, 6.45) is 1.84. The molecule has 29 heavy (non-hydrogen) atoms. The molecule has 1 aliphatic heterocycles. The molecule has 158 valence electrons. The second-order valence-electron chi connectivity index (χ2n) is 6.81. The lowest BCUT2D eigenvalue weighted by atomic mass is 10.0. The molecule has 2 heterocycles. The number of amides is 2. The van der Waals surface area contributed by atoms with Crippen LogP contribution in [0.5, 0.6) is 0 Å². The molecule has 1 aromatic heterocycles. The molecule has 3 rings (SSSR count). The van der Waals surface area contributed by atoms with Gasteiger partial charge in [-0.3, -0.25) is 28.2 Å². The maximum Gasteiger partial charge on any atom is 0.329 e. The van der Waals surface area contributed by atoms with Crippen LogP contribution in [0.25, 0.3) is 11.0 Å². The lowest BCUT2D eigenvalue weighted by molar-refractivity contribution is -0.135. The molecule has 2 N–H and O–H groups in total. The Bertz CT molecular complexity index is 998. The molecular weight excluding hydrogens is 400 g/mol. The van der Waals surface area contributed by atoms with E-state index in [1.165, 1.54) is 9.13 Å². The summed E-state index contributed by atoms with van der Waals surface area (Å²) in [5.41, 5.74) is 2.07. The summed E-state index contributed by atoms with van der Waals surface area (Å²) >= 11 is -2.29. The standard InChI is InChI=1S/C18H24N4O6S/c1-21-16-12(5-3-10-28-11-9-19-29(26)27)4-2-6-13(16)22(18(21)25)14-7-8-15(23)20-17(14)24/h2,4,6,14,19H,3,5,7-11H2,1H3,(H,26,27)(H,20,23,24)/p-1. The van der Waals surface area contributed by atoms with Crippen LogP contribution in [0.4, 0.5) is 0 Å². The third kappa shape index (κ3) is 4.81. The van der Waals surface area contributed by atoms with Crippen molar-refractivity contribution in [3.8, 4) is 0 Å². The molecular formula is C18H23N4O6S-. The summed E-state index contributed by atoms with van der Waals surface area (Å²) in [6.45, 7) is 0.947. The van der Waals surface area contributed by atoms with Gasteiger partial charge in [0, 0.05) is 37.9 Å². The minimum Gasteiger partial charge on any atom is -0.760 e. The smallest absolute Gasteiger partial charge is 0.329 e. The monoisotopic (exact) mass is 423 g/mol. The van der Waals surface area contributed by atoms with Crippen molar-refractivity contribution in [2.75, 3.05) is 19.8 Å². The van der Waals surface area contributed by atoms with Crippen LogP contribution in [-0.4, -0.2) is 49.5 Å². The minimum absolute atomic E-state index is 0.199. The summed E-state index contributed by atoms with van der Waals surface area (Å²) in [7, 11) is 1.67.